The third-order valence-electron chi connectivity index (χ3n) is 5.29. The van der Waals surface area contributed by atoms with Crippen molar-refractivity contribution >= 4 is 38.9 Å². The molecule has 0 aliphatic carbocycles. The van der Waals surface area contributed by atoms with Gasteiger partial charge in [0, 0.05) is 28.6 Å². The number of nitrogen functional groups attached to an aromatic ring is 1. The second-order valence-corrected chi connectivity index (χ2v) is 7.70. The van der Waals surface area contributed by atoms with Crippen molar-refractivity contribution in [1.82, 2.24) is 14.8 Å². The number of nitrogens with one attached hydrogen (secondary N) is 1. The van der Waals surface area contributed by atoms with E-state index in [1.807, 2.05) is 55.1 Å². The van der Waals surface area contributed by atoms with Crippen molar-refractivity contribution < 1.29 is 4.74 Å². The number of hydrogen-bond donors (Lipinski definition) is 2. The number of hydrogen-bond acceptors (Lipinski definition) is 6. The van der Waals surface area contributed by atoms with E-state index in [0.717, 1.165) is 33.2 Å². The molecule has 0 spiro atoms. The summed E-state index contributed by atoms with van der Waals surface area (Å²) in [4.78, 5) is 4.71. The smallest absolute Gasteiger partial charge is 0.144 e. The summed E-state index contributed by atoms with van der Waals surface area (Å²) in [5.41, 5.74) is 11.4. The molecule has 0 radical (unpaired) electrons. The molecule has 2 aromatic heterocycles. The fraction of sp³-hybridized carbons (Fsp3) is 0.292. The van der Waals surface area contributed by atoms with Crippen LogP contribution in [0.3, 0.4) is 0 Å². The second kappa shape index (κ2) is 8.15. The van der Waals surface area contributed by atoms with E-state index in [1.165, 1.54) is 0 Å². The highest BCUT2D eigenvalue weighted by molar-refractivity contribution is 6.00. The zero-order valence-corrected chi connectivity index (χ0v) is 18.2. The fourth-order valence-electron chi connectivity index (χ4n) is 3.83. The molecule has 4 rings (SSSR count). The summed E-state index contributed by atoms with van der Waals surface area (Å²) in [6.45, 7) is 8.63. The first-order valence-electron chi connectivity index (χ1n) is 10.5. The van der Waals surface area contributed by atoms with Gasteiger partial charge in [-0.25, -0.2) is 0 Å². The van der Waals surface area contributed by atoms with Crippen molar-refractivity contribution in [3.8, 4) is 11.8 Å². The van der Waals surface area contributed by atoms with E-state index in [0.29, 0.717) is 35.7 Å². The van der Waals surface area contributed by atoms with Crippen LogP contribution in [0.1, 0.15) is 45.0 Å². The first-order valence-corrected chi connectivity index (χ1v) is 10.5. The topological polar surface area (TPSA) is 102 Å². The molecule has 0 saturated carbocycles. The van der Waals surface area contributed by atoms with Gasteiger partial charge in [0.2, 0.25) is 0 Å². The first-order chi connectivity index (χ1) is 15.0. The van der Waals surface area contributed by atoms with E-state index in [2.05, 4.69) is 30.3 Å². The minimum Gasteiger partial charge on any atom is -0.492 e. The Balaban J connectivity index is 1.88. The number of fused-ring (bicyclic) bond motifs is 2. The Morgan fingerprint density at radius 3 is 2.71 bits per heavy atom. The largest absolute Gasteiger partial charge is 0.492 e. The highest BCUT2D eigenvalue weighted by Gasteiger charge is 2.17. The molecule has 0 fully saturated rings. The summed E-state index contributed by atoms with van der Waals surface area (Å²) in [5, 5.41) is 19.7. The van der Waals surface area contributed by atoms with Gasteiger partial charge in [-0.05, 0) is 51.5 Å². The molecule has 0 aliphatic rings. The Morgan fingerprint density at radius 2 is 2.03 bits per heavy atom. The van der Waals surface area contributed by atoms with Crippen molar-refractivity contribution in [3.05, 3.63) is 47.8 Å². The predicted octanol–water partition coefficient (Wildman–Crippen LogP) is 5.32. The minimum atomic E-state index is 0.278. The van der Waals surface area contributed by atoms with Gasteiger partial charge in [0.1, 0.15) is 11.8 Å². The molecule has 0 amide bonds. The van der Waals surface area contributed by atoms with Gasteiger partial charge < -0.3 is 15.8 Å². The number of benzene rings is 2. The van der Waals surface area contributed by atoms with Crippen LogP contribution < -0.4 is 15.8 Å². The van der Waals surface area contributed by atoms with Crippen LogP contribution in [0.25, 0.3) is 21.8 Å². The van der Waals surface area contributed by atoms with Gasteiger partial charge in [0.15, 0.2) is 0 Å². The number of ether oxygens (including phenoxy) is 1. The van der Waals surface area contributed by atoms with Crippen LogP contribution >= 0.6 is 0 Å². The van der Waals surface area contributed by atoms with Crippen molar-refractivity contribution in [2.24, 2.45) is 0 Å². The number of anilines is 3. The molecule has 3 N–H and O–H groups in total. The lowest BCUT2D eigenvalue weighted by Crippen LogP contribution is -2.04. The number of aromatic nitrogens is 3. The molecule has 158 valence electrons. The molecule has 0 unspecified atom stereocenters. The minimum absolute atomic E-state index is 0.278. The summed E-state index contributed by atoms with van der Waals surface area (Å²) in [7, 11) is 0. The van der Waals surface area contributed by atoms with Gasteiger partial charge in [0.05, 0.1) is 46.5 Å². The van der Waals surface area contributed by atoms with Crippen LogP contribution in [0.4, 0.5) is 17.1 Å². The van der Waals surface area contributed by atoms with Gasteiger partial charge in [0.25, 0.3) is 0 Å². The Kier molecular flexibility index (Phi) is 5.38. The summed E-state index contributed by atoms with van der Waals surface area (Å²) in [6.07, 6.45) is 2.50. The normalized spacial score (nSPS) is 11.2. The second-order valence-electron chi connectivity index (χ2n) is 7.70. The van der Waals surface area contributed by atoms with Crippen molar-refractivity contribution in [2.75, 3.05) is 17.7 Å². The third-order valence-corrected chi connectivity index (χ3v) is 5.29. The first kappa shape index (κ1) is 20.5. The van der Waals surface area contributed by atoms with Crippen LogP contribution in [-0.2, 0) is 6.42 Å². The monoisotopic (exact) mass is 414 g/mol. The zero-order valence-electron chi connectivity index (χ0n) is 18.2. The van der Waals surface area contributed by atoms with Gasteiger partial charge in [-0.1, -0.05) is 6.92 Å². The molecule has 0 aliphatic heterocycles. The van der Waals surface area contributed by atoms with E-state index in [4.69, 9.17) is 15.5 Å². The number of nitrogens with two attached hydrogens (primary N) is 1. The zero-order chi connectivity index (χ0) is 22.1. The molecule has 7 heteroatoms. The van der Waals surface area contributed by atoms with Crippen LogP contribution in [-0.4, -0.2) is 21.4 Å². The van der Waals surface area contributed by atoms with E-state index in [9.17, 15) is 5.26 Å². The van der Waals surface area contributed by atoms with Crippen molar-refractivity contribution in [1.29, 1.82) is 5.26 Å². The van der Waals surface area contributed by atoms with Gasteiger partial charge in [-0.2, -0.15) is 10.4 Å². The summed E-state index contributed by atoms with van der Waals surface area (Å²) in [5.74, 6) is 0.600. The molecule has 0 bridgehead atoms. The van der Waals surface area contributed by atoms with E-state index in [-0.39, 0.29) is 6.04 Å². The number of pyridine rings is 1. The van der Waals surface area contributed by atoms with Gasteiger partial charge in [-0.15, -0.1) is 0 Å². The molecular formula is C24H26N6O. The lowest BCUT2D eigenvalue weighted by atomic mass is 10.0. The number of nitriles is 1. The highest BCUT2D eigenvalue weighted by atomic mass is 16.5. The van der Waals surface area contributed by atoms with E-state index >= 15 is 0 Å². The molecule has 0 atom stereocenters. The molecule has 0 saturated heterocycles. The Labute approximate surface area is 181 Å². The maximum absolute atomic E-state index is 9.91. The average Bonchev–Trinajstić information content (AvgIpc) is 3.18. The highest BCUT2D eigenvalue weighted by Crippen LogP contribution is 2.36. The maximum Gasteiger partial charge on any atom is 0.144 e. The quantitative estimate of drug-likeness (QED) is 0.414. The van der Waals surface area contributed by atoms with Crippen LogP contribution in [0, 0.1) is 11.3 Å². The van der Waals surface area contributed by atoms with Crippen molar-refractivity contribution in [3.63, 3.8) is 0 Å². The van der Waals surface area contributed by atoms with Crippen LogP contribution in [0.2, 0.25) is 0 Å². The summed E-state index contributed by atoms with van der Waals surface area (Å²) < 4.78 is 7.64. The van der Waals surface area contributed by atoms with Crippen LogP contribution in [0.5, 0.6) is 5.75 Å². The Bertz CT molecular complexity index is 1320. The molecular weight excluding hydrogens is 388 g/mol. The number of rotatable bonds is 6. The maximum atomic E-state index is 9.91. The van der Waals surface area contributed by atoms with E-state index < -0.39 is 0 Å². The number of nitrogens with zero attached hydrogens (tertiary/aromatic N) is 4. The standard InChI is InChI=1S/C24H26N6O/c1-5-20-18(12-25)24(17-10-19(26)23(31-6-2)11-21(17)29-20)28-16-7-8-22-15(9-16)13-27-30(22)14(3)4/h7-11,13-14H,5-6,26H2,1-4H3,(H,28,29). The number of aryl methyl sites for hydroxylation is 1. The van der Waals surface area contributed by atoms with Gasteiger partial charge >= 0.3 is 0 Å². The molecule has 2 aromatic carbocycles. The lowest BCUT2D eigenvalue weighted by Gasteiger charge is -2.16. The van der Waals surface area contributed by atoms with Crippen LogP contribution in [0.15, 0.2) is 36.5 Å². The predicted molar refractivity (Wildman–Crippen MR) is 125 cm³/mol. The average molecular weight is 415 g/mol. The molecule has 2 heterocycles. The lowest BCUT2D eigenvalue weighted by molar-refractivity contribution is 0.342. The molecule has 7 nitrogen and oxygen atoms in total. The Morgan fingerprint density at radius 1 is 1.23 bits per heavy atom. The molecule has 31 heavy (non-hydrogen) atoms. The summed E-state index contributed by atoms with van der Waals surface area (Å²) >= 11 is 0. The van der Waals surface area contributed by atoms with Crippen molar-refractivity contribution in [2.45, 2.75) is 40.2 Å². The van der Waals surface area contributed by atoms with E-state index in [1.54, 1.807) is 0 Å². The Hall–Kier alpha value is -3.79. The SMILES string of the molecule is CCOc1cc2nc(CC)c(C#N)c(Nc3ccc4c(cnn4C(C)C)c3)c2cc1N. The summed E-state index contributed by atoms with van der Waals surface area (Å²) in [6, 6.07) is 12.4. The fourth-order valence-corrected chi connectivity index (χ4v) is 3.83. The third kappa shape index (κ3) is 3.61. The van der Waals surface area contributed by atoms with Gasteiger partial charge in [-0.3, -0.25) is 9.67 Å². The molecule has 4 aromatic rings.